The van der Waals surface area contributed by atoms with E-state index in [0.29, 0.717) is 25.7 Å². The van der Waals surface area contributed by atoms with Gasteiger partial charge >= 0.3 is 39.5 Å². The molecule has 0 spiro atoms. The number of unbranched alkanes of at least 4 members (excludes halogenated alkanes) is 61. The molecule has 0 aromatic carbocycles. The second-order valence-electron chi connectivity index (χ2n) is 32.6. The van der Waals surface area contributed by atoms with E-state index in [-0.39, 0.29) is 25.7 Å². The maximum absolute atomic E-state index is 13.2. The van der Waals surface area contributed by atoms with Gasteiger partial charge in [0, 0.05) is 25.7 Å². The van der Waals surface area contributed by atoms with Crippen LogP contribution in [-0.4, -0.2) is 96.7 Å². The largest absolute Gasteiger partial charge is 0.472 e. The number of carbonyl (C=O) groups is 4. The molecule has 0 aromatic heterocycles. The van der Waals surface area contributed by atoms with Gasteiger partial charge in [0.05, 0.1) is 26.4 Å². The first-order valence-corrected chi connectivity index (χ1v) is 49.7. The number of phosphoric ester groups is 2. The Kier molecular flexibility index (Phi) is 81.1. The van der Waals surface area contributed by atoms with E-state index in [9.17, 15) is 43.2 Å². The number of carbonyl (C=O) groups excluding carboxylic acids is 4. The minimum absolute atomic E-state index is 0.109. The predicted molar refractivity (Wildman–Crippen MR) is 451 cm³/mol. The lowest BCUT2D eigenvalue weighted by atomic mass is 9.99. The van der Waals surface area contributed by atoms with E-state index in [2.05, 4.69) is 34.6 Å². The van der Waals surface area contributed by atoms with E-state index < -0.39 is 97.5 Å². The van der Waals surface area contributed by atoms with Crippen molar-refractivity contribution in [3.8, 4) is 0 Å². The molecule has 6 atom stereocenters. The van der Waals surface area contributed by atoms with Gasteiger partial charge in [0.1, 0.15) is 19.3 Å². The van der Waals surface area contributed by atoms with Gasteiger partial charge in [-0.3, -0.25) is 37.3 Å². The summed E-state index contributed by atoms with van der Waals surface area (Å²) in [6, 6.07) is 0. The average molecular weight is 1590 g/mol. The second-order valence-corrected chi connectivity index (χ2v) is 35.5. The van der Waals surface area contributed by atoms with Gasteiger partial charge in [-0.1, -0.05) is 439 Å². The highest BCUT2D eigenvalue weighted by molar-refractivity contribution is 7.47. The molecule has 0 aliphatic rings. The Morgan fingerprint density at radius 1 is 0.257 bits per heavy atom. The van der Waals surface area contributed by atoms with Crippen LogP contribution in [0.25, 0.3) is 0 Å². The lowest BCUT2D eigenvalue weighted by Gasteiger charge is -2.21. The van der Waals surface area contributed by atoms with Crippen molar-refractivity contribution in [1.29, 1.82) is 0 Å². The van der Waals surface area contributed by atoms with Crippen molar-refractivity contribution in [2.24, 2.45) is 5.92 Å². The summed E-state index contributed by atoms with van der Waals surface area (Å²) in [7, 11) is -9.93. The summed E-state index contributed by atoms with van der Waals surface area (Å²) in [6.07, 6.45) is 78.0. The Hall–Kier alpha value is -1.94. The first-order chi connectivity index (χ1) is 53.1. The fourth-order valence-corrected chi connectivity index (χ4v) is 15.7. The van der Waals surface area contributed by atoms with Crippen molar-refractivity contribution in [3.05, 3.63) is 0 Å². The molecule has 0 radical (unpaired) electrons. The van der Waals surface area contributed by atoms with Gasteiger partial charge in [0.15, 0.2) is 12.2 Å². The zero-order valence-corrected chi connectivity index (χ0v) is 73.5. The molecule has 0 aliphatic heterocycles. The van der Waals surface area contributed by atoms with Crippen LogP contribution in [0.2, 0.25) is 0 Å². The molecule has 3 unspecified atom stereocenters. The predicted octanol–water partition coefficient (Wildman–Crippen LogP) is 27.9. The average Bonchev–Trinajstić information content (AvgIpc) is 0.897. The van der Waals surface area contributed by atoms with Crippen LogP contribution in [0.4, 0.5) is 0 Å². The molecular weight excluding hydrogens is 1410 g/mol. The molecule has 0 rings (SSSR count). The number of aliphatic hydroxyl groups excluding tert-OH is 1. The fraction of sp³-hybridized carbons (Fsp3) is 0.956. The van der Waals surface area contributed by atoms with E-state index >= 15 is 0 Å². The van der Waals surface area contributed by atoms with Gasteiger partial charge in [-0.05, 0) is 31.6 Å². The van der Waals surface area contributed by atoms with Crippen molar-refractivity contribution >= 4 is 39.5 Å². The Morgan fingerprint density at radius 2 is 0.440 bits per heavy atom. The number of rotatable bonds is 90. The van der Waals surface area contributed by atoms with Gasteiger partial charge in [-0.2, -0.15) is 0 Å². The maximum atomic E-state index is 13.2. The molecule has 0 amide bonds. The normalized spacial score (nSPS) is 13.9. The second kappa shape index (κ2) is 82.6. The Bertz CT molecular complexity index is 2070. The third kappa shape index (κ3) is 82.4. The summed E-state index contributed by atoms with van der Waals surface area (Å²) in [4.78, 5) is 73.2. The van der Waals surface area contributed by atoms with Crippen LogP contribution in [0, 0.1) is 5.92 Å². The summed E-state index contributed by atoms with van der Waals surface area (Å²) in [5.74, 6) is -1.23. The van der Waals surface area contributed by atoms with Crippen LogP contribution in [0.1, 0.15) is 490 Å². The van der Waals surface area contributed by atoms with Crippen LogP contribution in [-0.2, 0) is 65.4 Å². The third-order valence-corrected chi connectivity index (χ3v) is 23.5. The lowest BCUT2D eigenvalue weighted by molar-refractivity contribution is -0.161. The molecule has 0 aromatic rings. The molecule has 109 heavy (non-hydrogen) atoms. The van der Waals surface area contributed by atoms with Crippen molar-refractivity contribution in [3.63, 3.8) is 0 Å². The van der Waals surface area contributed by atoms with Gasteiger partial charge < -0.3 is 33.8 Å². The highest BCUT2D eigenvalue weighted by atomic mass is 31.2. The van der Waals surface area contributed by atoms with Crippen molar-refractivity contribution in [2.45, 2.75) is 509 Å². The van der Waals surface area contributed by atoms with E-state index in [4.69, 9.17) is 37.0 Å². The fourth-order valence-electron chi connectivity index (χ4n) is 14.1. The molecule has 19 heteroatoms. The maximum Gasteiger partial charge on any atom is 0.472 e. The number of hydrogen-bond acceptors (Lipinski definition) is 15. The quantitative estimate of drug-likeness (QED) is 0.0222. The number of ether oxygens (including phenoxy) is 4. The number of esters is 4. The molecule has 3 N–H and O–H groups in total. The highest BCUT2D eigenvalue weighted by Gasteiger charge is 2.31. The zero-order valence-electron chi connectivity index (χ0n) is 71.7. The highest BCUT2D eigenvalue weighted by Crippen LogP contribution is 2.45. The minimum atomic E-state index is -4.97. The summed E-state index contributed by atoms with van der Waals surface area (Å²) in [6.45, 7) is 7.43. The monoisotopic (exact) mass is 1590 g/mol. The van der Waals surface area contributed by atoms with Crippen LogP contribution < -0.4 is 0 Å². The van der Waals surface area contributed by atoms with Crippen molar-refractivity contribution in [2.75, 3.05) is 39.6 Å². The third-order valence-electron chi connectivity index (χ3n) is 21.6. The van der Waals surface area contributed by atoms with Gasteiger partial charge in [0.2, 0.25) is 0 Å². The molecule has 17 nitrogen and oxygen atoms in total. The molecule has 0 saturated heterocycles. The number of hydrogen-bond donors (Lipinski definition) is 3. The van der Waals surface area contributed by atoms with Crippen LogP contribution in [0.15, 0.2) is 0 Å². The minimum Gasteiger partial charge on any atom is -0.462 e. The van der Waals surface area contributed by atoms with Gasteiger partial charge in [-0.15, -0.1) is 0 Å². The molecular formula is C90H176O17P2. The Balaban J connectivity index is 5.17. The van der Waals surface area contributed by atoms with E-state index in [1.54, 1.807) is 0 Å². The van der Waals surface area contributed by atoms with Crippen LogP contribution in [0.3, 0.4) is 0 Å². The summed E-state index contributed by atoms with van der Waals surface area (Å²) >= 11 is 0. The first-order valence-electron chi connectivity index (χ1n) is 46.7. The molecule has 0 heterocycles. The van der Waals surface area contributed by atoms with Gasteiger partial charge in [0.25, 0.3) is 0 Å². The van der Waals surface area contributed by atoms with E-state index in [1.165, 1.54) is 315 Å². The summed E-state index contributed by atoms with van der Waals surface area (Å²) in [5.41, 5.74) is 0. The van der Waals surface area contributed by atoms with E-state index in [1.807, 2.05) is 0 Å². The molecule has 0 fully saturated rings. The standard InChI is InChI=1S/C90H176O17P2/c1-6-10-13-16-19-22-24-26-28-30-32-34-38-42-46-50-54-59-64-69-74-88(93)101-80-86(107-90(95)76-71-66-61-56-52-48-44-40-36-35-37-41-45-49-53-57-62-67-72-83(5)9-4)82-105-109(98,99)103-78-84(91)77-102-108(96,97)104-81-85(79-100-87(92)73-68-63-58-21-18-15-12-8-3)106-89(94)75-70-65-60-55-51-47-43-39-33-31-29-27-25-23-20-17-14-11-7-2/h83-86,91H,6-82H2,1-5H3,(H,96,97)(H,98,99)/t83?,84-,85+,86+/m0/s1. The molecule has 0 aliphatic carbocycles. The van der Waals surface area contributed by atoms with Crippen LogP contribution in [0.5, 0.6) is 0 Å². The summed E-state index contributed by atoms with van der Waals surface area (Å²) < 4.78 is 68.9. The molecule has 648 valence electrons. The molecule has 0 saturated carbocycles. The zero-order chi connectivity index (χ0) is 79.7. The smallest absolute Gasteiger partial charge is 0.462 e. The molecule has 0 bridgehead atoms. The SMILES string of the molecule is CCCCCCCCCCCCCCCCCCCCCCC(=O)OC[C@H](COP(=O)(O)OC[C@@H](O)COP(=O)(O)OC[C@@H](COC(=O)CCCCCCCCCC)OC(=O)CCCCCCCCCCCCCCCCCCCCC)OC(=O)CCCCCCCCCCCCCCCCCCCCC(C)CC. The Morgan fingerprint density at radius 3 is 0.651 bits per heavy atom. The van der Waals surface area contributed by atoms with Crippen molar-refractivity contribution < 1.29 is 80.2 Å². The lowest BCUT2D eigenvalue weighted by Crippen LogP contribution is -2.30. The van der Waals surface area contributed by atoms with Gasteiger partial charge in [-0.25, -0.2) is 9.13 Å². The van der Waals surface area contributed by atoms with E-state index in [0.717, 1.165) is 95.8 Å². The first kappa shape index (κ1) is 107. The number of phosphoric acid groups is 2. The topological polar surface area (TPSA) is 237 Å². The van der Waals surface area contributed by atoms with Crippen molar-refractivity contribution in [1.82, 2.24) is 0 Å². The Labute approximate surface area is 670 Å². The number of aliphatic hydroxyl groups is 1. The van der Waals surface area contributed by atoms with Crippen LogP contribution >= 0.6 is 15.6 Å². The summed E-state index contributed by atoms with van der Waals surface area (Å²) in [5, 5.41) is 10.7.